The molecule has 1 aromatic heterocycles. The number of carbonyl (C=O) groups is 1. The van der Waals surface area contributed by atoms with Gasteiger partial charge in [-0.1, -0.05) is 53.7 Å². The number of hydrogen-bond acceptors (Lipinski definition) is 6. The Labute approximate surface area is 200 Å². The van der Waals surface area contributed by atoms with Gasteiger partial charge in [0.2, 0.25) is 5.91 Å². The predicted molar refractivity (Wildman–Crippen MR) is 129 cm³/mol. The van der Waals surface area contributed by atoms with Crippen molar-refractivity contribution >= 4 is 35.0 Å². The first-order valence-corrected chi connectivity index (χ1v) is 11.4. The number of methoxy groups -OCH3 is 1. The minimum Gasteiger partial charge on any atom is -0.497 e. The van der Waals surface area contributed by atoms with Crippen molar-refractivity contribution < 1.29 is 14.3 Å². The summed E-state index contributed by atoms with van der Waals surface area (Å²) in [5.41, 5.74) is 1.45. The molecule has 33 heavy (non-hydrogen) atoms. The summed E-state index contributed by atoms with van der Waals surface area (Å²) in [6, 6.07) is 24.1. The van der Waals surface area contributed by atoms with Crippen LogP contribution in [-0.4, -0.2) is 33.5 Å². The van der Waals surface area contributed by atoms with E-state index in [0.29, 0.717) is 27.4 Å². The SMILES string of the molecule is COc1ccc(OCc2nnc(SCC(=O)Nc3ccccc3Cl)n2-c2ccccc2)cc1. The van der Waals surface area contributed by atoms with Gasteiger partial charge in [0.1, 0.15) is 18.1 Å². The molecule has 1 heterocycles. The van der Waals surface area contributed by atoms with E-state index in [1.807, 2.05) is 71.3 Å². The average molecular weight is 481 g/mol. The highest BCUT2D eigenvalue weighted by Crippen LogP contribution is 2.25. The highest BCUT2D eigenvalue weighted by atomic mass is 35.5. The van der Waals surface area contributed by atoms with Crippen LogP contribution in [0.4, 0.5) is 5.69 Å². The van der Waals surface area contributed by atoms with E-state index >= 15 is 0 Å². The first kappa shape index (κ1) is 22.7. The quantitative estimate of drug-likeness (QED) is 0.330. The lowest BCUT2D eigenvalue weighted by Gasteiger charge is -2.11. The van der Waals surface area contributed by atoms with Crippen LogP contribution in [0.1, 0.15) is 5.82 Å². The van der Waals surface area contributed by atoms with Crippen LogP contribution >= 0.6 is 23.4 Å². The lowest BCUT2D eigenvalue weighted by molar-refractivity contribution is -0.113. The first-order valence-electron chi connectivity index (χ1n) is 10.1. The molecule has 168 valence electrons. The van der Waals surface area contributed by atoms with Gasteiger partial charge in [0.25, 0.3) is 0 Å². The summed E-state index contributed by atoms with van der Waals surface area (Å²) in [5.74, 6) is 2.02. The lowest BCUT2D eigenvalue weighted by atomic mass is 10.3. The fraction of sp³-hybridized carbons (Fsp3) is 0.125. The molecular formula is C24H21ClN4O3S. The van der Waals surface area contributed by atoms with Crippen LogP contribution in [-0.2, 0) is 11.4 Å². The van der Waals surface area contributed by atoms with Gasteiger partial charge in [-0.3, -0.25) is 9.36 Å². The summed E-state index contributed by atoms with van der Waals surface area (Å²) in [6.07, 6.45) is 0. The summed E-state index contributed by atoms with van der Waals surface area (Å²) >= 11 is 7.41. The van der Waals surface area contributed by atoms with Crippen molar-refractivity contribution in [1.29, 1.82) is 0 Å². The van der Waals surface area contributed by atoms with Gasteiger partial charge in [-0.25, -0.2) is 0 Å². The zero-order valence-corrected chi connectivity index (χ0v) is 19.3. The summed E-state index contributed by atoms with van der Waals surface area (Å²) in [7, 11) is 1.62. The van der Waals surface area contributed by atoms with E-state index in [1.165, 1.54) is 11.8 Å². The van der Waals surface area contributed by atoms with Crippen LogP contribution in [0, 0.1) is 0 Å². The number of anilines is 1. The highest BCUT2D eigenvalue weighted by molar-refractivity contribution is 7.99. The van der Waals surface area contributed by atoms with E-state index in [2.05, 4.69) is 15.5 Å². The van der Waals surface area contributed by atoms with Gasteiger partial charge in [0, 0.05) is 5.69 Å². The Balaban J connectivity index is 1.48. The molecule has 0 atom stereocenters. The van der Waals surface area contributed by atoms with Gasteiger partial charge in [0.05, 0.1) is 23.6 Å². The van der Waals surface area contributed by atoms with Crippen LogP contribution in [0.15, 0.2) is 84.0 Å². The van der Waals surface area contributed by atoms with Gasteiger partial charge in [-0.2, -0.15) is 0 Å². The second-order valence-electron chi connectivity index (χ2n) is 6.85. The van der Waals surface area contributed by atoms with E-state index in [1.54, 1.807) is 19.2 Å². The third-order valence-corrected chi connectivity index (χ3v) is 5.88. The van der Waals surface area contributed by atoms with Crippen molar-refractivity contribution in [3.05, 3.63) is 89.7 Å². The minimum atomic E-state index is -0.188. The molecule has 0 bridgehead atoms. The fourth-order valence-corrected chi connectivity index (χ4v) is 3.98. The number of aromatic nitrogens is 3. The van der Waals surface area contributed by atoms with Crippen LogP contribution in [0.25, 0.3) is 5.69 Å². The number of benzene rings is 3. The normalized spacial score (nSPS) is 10.6. The Bertz CT molecular complexity index is 1220. The number of thioether (sulfide) groups is 1. The molecule has 0 aliphatic rings. The number of para-hydroxylation sites is 2. The van der Waals surface area contributed by atoms with Crippen LogP contribution in [0.5, 0.6) is 11.5 Å². The molecule has 9 heteroatoms. The Kier molecular flexibility index (Phi) is 7.49. The highest BCUT2D eigenvalue weighted by Gasteiger charge is 2.17. The average Bonchev–Trinajstić information content (AvgIpc) is 3.26. The van der Waals surface area contributed by atoms with Crippen molar-refractivity contribution in [1.82, 2.24) is 14.8 Å². The van der Waals surface area contributed by atoms with E-state index in [9.17, 15) is 4.79 Å². The van der Waals surface area contributed by atoms with E-state index in [4.69, 9.17) is 21.1 Å². The summed E-state index contributed by atoms with van der Waals surface area (Å²) in [5, 5.41) is 12.5. The summed E-state index contributed by atoms with van der Waals surface area (Å²) in [4.78, 5) is 12.5. The van der Waals surface area contributed by atoms with Gasteiger partial charge < -0.3 is 14.8 Å². The molecule has 1 N–H and O–H groups in total. The number of nitrogens with one attached hydrogen (secondary N) is 1. The molecule has 0 aliphatic carbocycles. The Morgan fingerprint density at radius 1 is 0.970 bits per heavy atom. The number of hydrogen-bond donors (Lipinski definition) is 1. The third-order valence-electron chi connectivity index (χ3n) is 4.62. The molecule has 0 aliphatic heterocycles. The summed E-state index contributed by atoms with van der Waals surface area (Å²) in [6.45, 7) is 0.209. The molecule has 4 rings (SSSR count). The first-order chi connectivity index (χ1) is 16.1. The molecule has 4 aromatic rings. The maximum Gasteiger partial charge on any atom is 0.234 e. The Morgan fingerprint density at radius 3 is 2.39 bits per heavy atom. The van der Waals surface area contributed by atoms with Gasteiger partial charge in [-0.05, 0) is 48.5 Å². The molecule has 0 unspecified atom stereocenters. The second kappa shape index (κ2) is 10.9. The number of amides is 1. The van der Waals surface area contributed by atoms with Crippen LogP contribution in [0.2, 0.25) is 5.02 Å². The molecule has 7 nitrogen and oxygen atoms in total. The van der Waals surface area contributed by atoms with Crippen LogP contribution < -0.4 is 14.8 Å². The van der Waals surface area contributed by atoms with E-state index in [-0.39, 0.29) is 18.3 Å². The molecule has 0 radical (unpaired) electrons. The van der Waals surface area contributed by atoms with Gasteiger partial charge in [-0.15, -0.1) is 10.2 Å². The largest absolute Gasteiger partial charge is 0.497 e. The zero-order chi connectivity index (χ0) is 23.0. The third kappa shape index (κ3) is 5.85. The van der Waals surface area contributed by atoms with E-state index in [0.717, 1.165) is 11.4 Å². The number of nitrogens with zero attached hydrogens (tertiary/aromatic N) is 3. The number of ether oxygens (including phenoxy) is 2. The van der Waals surface area contributed by atoms with Crippen molar-refractivity contribution in [3.63, 3.8) is 0 Å². The number of halogens is 1. The molecule has 0 spiro atoms. The molecular weight excluding hydrogens is 460 g/mol. The Hall–Kier alpha value is -3.49. The van der Waals surface area contributed by atoms with Crippen molar-refractivity contribution in [3.8, 4) is 17.2 Å². The number of rotatable bonds is 9. The monoisotopic (exact) mass is 480 g/mol. The van der Waals surface area contributed by atoms with Crippen molar-refractivity contribution in [2.75, 3.05) is 18.2 Å². The standard InChI is InChI=1S/C24H21ClN4O3S/c1-31-18-11-13-19(14-12-18)32-15-22-27-28-24(29(22)17-7-3-2-4-8-17)33-16-23(30)26-21-10-6-5-9-20(21)25/h2-14H,15-16H2,1H3,(H,26,30). The minimum absolute atomic E-state index is 0.148. The molecule has 0 fully saturated rings. The zero-order valence-electron chi connectivity index (χ0n) is 17.8. The molecule has 3 aromatic carbocycles. The summed E-state index contributed by atoms with van der Waals surface area (Å²) < 4.78 is 13.0. The van der Waals surface area contributed by atoms with Crippen LogP contribution in [0.3, 0.4) is 0 Å². The van der Waals surface area contributed by atoms with Gasteiger partial charge >= 0.3 is 0 Å². The number of carbonyl (C=O) groups excluding carboxylic acids is 1. The topological polar surface area (TPSA) is 78.3 Å². The van der Waals surface area contributed by atoms with Crippen molar-refractivity contribution in [2.24, 2.45) is 0 Å². The second-order valence-corrected chi connectivity index (χ2v) is 8.20. The molecule has 0 saturated heterocycles. The van der Waals surface area contributed by atoms with Crippen molar-refractivity contribution in [2.45, 2.75) is 11.8 Å². The van der Waals surface area contributed by atoms with E-state index < -0.39 is 0 Å². The Morgan fingerprint density at radius 2 is 1.67 bits per heavy atom. The maximum absolute atomic E-state index is 12.5. The van der Waals surface area contributed by atoms with Gasteiger partial charge in [0.15, 0.2) is 11.0 Å². The fourth-order valence-electron chi connectivity index (χ4n) is 3.02. The lowest BCUT2D eigenvalue weighted by Crippen LogP contribution is -2.15. The predicted octanol–water partition coefficient (Wildman–Crippen LogP) is 5.24. The molecule has 0 saturated carbocycles. The maximum atomic E-state index is 12.5. The smallest absolute Gasteiger partial charge is 0.234 e. The molecule has 1 amide bonds.